The molecule has 3 aromatic rings. The van der Waals surface area contributed by atoms with Crippen LogP contribution < -0.4 is 5.32 Å². The largest absolute Gasteiger partial charge is 0.381 e. The van der Waals surface area contributed by atoms with E-state index in [4.69, 9.17) is 9.72 Å². The number of nitrogens with zero attached hydrogens (tertiary/aromatic N) is 4. The van der Waals surface area contributed by atoms with E-state index in [1.54, 1.807) is 17.5 Å². The van der Waals surface area contributed by atoms with Crippen molar-refractivity contribution in [3.63, 3.8) is 0 Å². The smallest absolute Gasteiger partial charge is 0.252 e. The van der Waals surface area contributed by atoms with Crippen LogP contribution >= 0.6 is 11.3 Å². The van der Waals surface area contributed by atoms with Crippen LogP contribution in [0.1, 0.15) is 53.4 Å². The molecule has 28 heavy (non-hydrogen) atoms. The first-order valence-electron chi connectivity index (χ1n) is 9.75. The van der Waals surface area contributed by atoms with E-state index in [-0.39, 0.29) is 5.91 Å². The number of ether oxygens (including phenoxy) is 1. The van der Waals surface area contributed by atoms with Crippen LogP contribution in [0.2, 0.25) is 0 Å². The van der Waals surface area contributed by atoms with E-state index in [2.05, 4.69) is 15.4 Å². The molecule has 0 spiro atoms. The molecule has 1 aliphatic rings. The number of thiazole rings is 1. The van der Waals surface area contributed by atoms with Crippen LogP contribution in [0.3, 0.4) is 0 Å². The van der Waals surface area contributed by atoms with Crippen molar-refractivity contribution in [2.24, 2.45) is 0 Å². The molecule has 1 saturated heterocycles. The first-order chi connectivity index (χ1) is 13.6. The fourth-order valence-electron chi connectivity index (χ4n) is 3.84. The number of fused-ring (bicyclic) bond motifs is 1. The summed E-state index contributed by atoms with van der Waals surface area (Å²) in [6.45, 7) is 7.95. The summed E-state index contributed by atoms with van der Waals surface area (Å²) >= 11 is 1.58. The average Bonchev–Trinajstić information content (AvgIpc) is 3.36. The van der Waals surface area contributed by atoms with E-state index in [9.17, 15) is 4.79 Å². The molecule has 148 valence electrons. The summed E-state index contributed by atoms with van der Waals surface area (Å²) in [6.07, 6.45) is 3.98. The van der Waals surface area contributed by atoms with Crippen LogP contribution in [0.15, 0.2) is 17.6 Å². The molecule has 0 radical (unpaired) electrons. The molecule has 3 aromatic heterocycles. The van der Waals surface area contributed by atoms with Crippen molar-refractivity contribution in [1.29, 1.82) is 0 Å². The Morgan fingerprint density at radius 1 is 1.36 bits per heavy atom. The Bertz CT molecular complexity index is 990. The van der Waals surface area contributed by atoms with E-state index >= 15 is 0 Å². The maximum absolute atomic E-state index is 13.5. The molecule has 8 heteroatoms. The summed E-state index contributed by atoms with van der Waals surface area (Å²) in [7, 11) is 0. The molecule has 0 atom stereocenters. The summed E-state index contributed by atoms with van der Waals surface area (Å²) < 4.78 is 7.42. The van der Waals surface area contributed by atoms with Gasteiger partial charge in [0.2, 0.25) is 0 Å². The van der Waals surface area contributed by atoms with Gasteiger partial charge in [0, 0.05) is 49.9 Å². The maximum Gasteiger partial charge on any atom is 0.252 e. The number of carbonyl (C=O) groups excluding carboxylic acids is 1. The van der Waals surface area contributed by atoms with Crippen LogP contribution in [0, 0.1) is 6.92 Å². The molecular weight excluding hydrogens is 374 g/mol. The average molecular weight is 400 g/mol. The Morgan fingerprint density at radius 2 is 2.14 bits per heavy atom. The van der Waals surface area contributed by atoms with E-state index < -0.39 is 5.54 Å². The second kappa shape index (κ2) is 7.60. The Kier molecular flexibility index (Phi) is 5.16. The first-order valence-corrected chi connectivity index (χ1v) is 10.6. The third-order valence-corrected chi connectivity index (χ3v) is 6.35. The van der Waals surface area contributed by atoms with Gasteiger partial charge in [-0.15, -0.1) is 11.3 Å². The lowest BCUT2D eigenvalue weighted by Crippen LogP contribution is -2.49. The van der Waals surface area contributed by atoms with Crippen molar-refractivity contribution in [3.05, 3.63) is 39.6 Å². The van der Waals surface area contributed by atoms with Crippen LogP contribution in [0.5, 0.6) is 0 Å². The monoisotopic (exact) mass is 399 g/mol. The fourth-order valence-corrected chi connectivity index (χ4v) is 4.70. The first kappa shape index (κ1) is 19.0. The molecule has 0 saturated carbocycles. The van der Waals surface area contributed by atoms with Crippen molar-refractivity contribution in [2.75, 3.05) is 13.2 Å². The van der Waals surface area contributed by atoms with Crippen molar-refractivity contribution in [1.82, 2.24) is 25.1 Å². The highest BCUT2D eigenvalue weighted by Gasteiger charge is 2.39. The molecule has 0 aliphatic carbocycles. The zero-order chi connectivity index (χ0) is 19.7. The third kappa shape index (κ3) is 3.20. The van der Waals surface area contributed by atoms with E-state index in [1.165, 1.54) is 0 Å². The van der Waals surface area contributed by atoms with E-state index in [0.717, 1.165) is 33.8 Å². The minimum Gasteiger partial charge on any atom is -0.381 e. The number of rotatable bonds is 5. The van der Waals surface area contributed by atoms with E-state index in [1.807, 2.05) is 36.9 Å². The topological polar surface area (TPSA) is 81.9 Å². The Morgan fingerprint density at radius 3 is 2.79 bits per heavy atom. The Hall–Kier alpha value is -2.32. The predicted molar refractivity (Wildman–Crippen MR) is 109 cm³/mol. The SMILES string of the molecule is CCc1cc(C(=O)NC2(c3nccs3)CCOCC2)c2c(C)nn(CC)c2n1. The van der Waals surface area contributed by atoms with Gasteiger partial charge >= 0.3 is 0 Å². The van der Waals surface area contributed by atoms with Gasteiger partial charge < -0.3 is 10.1 Å². The molecule has 1 amide bonds. The molecule has 0 unspecified atom stereocenters. The van der Waals surface area contributed by atoms with Gasteiger partial charge in [0.05, 0.1) is 22.2 Å². The zero-order valence-electron chi connectivity index (χ0n) is 16.5. The molecule has 1 fully saturated rings. The lowest BCUT2D eigenvalue weighted by Gasteiger charge is -2.36. The number of pyridine rings is 1. The number of hydrogen-bond donors (Lipinski definition) is 1. The van der Waals surface area contributed by atoms with Gasteiger partial charge in [-0.05, 0) is 26.3 Å². The molecule has 1 N–H and O–H groups in total. The van der Waals surface area contributed by atoms with Crippen molar-refractivity contribution in [3.8, 4) is 0 Å². The minimum atomic E-state index is -0.486. The summed E-state index contributed by atoms with van der Waals surface area (Å²) in [5.41, 5.74) is 2.65. The standard InChI is InChI=1S/C20H25N5O2S/c1-4-14-12-15(16-13(3)24-25(5-2)17(16)22-14)18(26)23-20(6-9-27-10-7-20)19-21-8-11-28-19/h8,11-12H,4-7,9-10H2,1-3H3,(H,23,26). The third-order valence-electron chi connectivity index (χ3n) is 5.38. The van der Waals surface area contributed by atoms with Crippen molar-refractivity contribution < 1.29 is 9.53 Å². The number of aryl methyl sites for hydroxylation is 3. The van der Waals surface area contributed by atoms with Gasteiger partial charge in [0.25, 0.3) is 5.91 Å². The minimum absolute atomic E-state index is 0.0991. The molecule has 1 aliphatic heterocycles. The normalized spacial score (nSPS) is 16.4. The van der Waals surface area contributed by atoms with Gasteiger partial charge in [-0.25, -0.2) is 14.6 Å². The summed E-state index contributed by atoms with van der Waals surface area (Å²) in [4.78, 5) is 22.7. The molecule has 7 nitrogen and oxygen atoms in total. The van der Waals surface area contributed by atoms with Gasteiger partial charge in [-0.2, -0.15) is 5.10 Å². The number of carbonyl (C=O) groups is 1. The van der Waals surface area contributed by atoms with Gasteiger partial charge in [0.15, 0.2) is 5.65 Å². The zero-order valence-corrected chi connectivity index (χ0v) is 17.3. The fraction of sp³-hybridized carbons (Fsp3) is 0.500. The lowest BCUT2D eigenvalue weighted by atomic mass is 9.90. The highest BCUT2D eigenvalue weighted by molar-refractivity contribution is 7.09. The predicted octanol–water partition coefficient (Wildman–Crippen LogP) is 3.21. The van der Waals surface area contributed by atoms with Gasteiger partial charge in [-0.1, -0.05) is 6.92 Å². The van der Waals surface area contributed by atoms with Crippen LogP contribution in [-0.4, -0.2) is 38.9 Å². The highest BCUT2D eigenvalue weighted by Crippen LogP contribution is 2.34. The van der Waals surface area contributed by atoms with Crippen LogP contribution in [0.4, 0.5) is 0 Å². The molecular formula is C20H25N5O2S. The number of amides is 1. The van der Waals surface area contributed by atoms with Crippen molar-refractivity contribution in [2.45, 2.75) is 52.1 Å². The number of aromatic nitrogens is 4. The van der Waals surface area contributed by atoms with Crippen molar-refractivity contribution >= 4 is 28.3 Å². The van der Waals surface area contributed by atoms with E-state index in [0.29, 0.717) is 38.2 Å². The number of hydrogen-bond acceptors (Lipinski definition) is 6. The molecule has 4 heterocycles. The summed E-state index contributed by atoms with van der Waals surface area (Å²) in [5, 5.41) is 11.6. The molecule has 4 rings (SSSR count). The maximum atomic E-state index is 13.5. The number of nitrogens with one attached hydrogen (secondary N) is 1. The van der Waals surface area contributed by atoms with Gasteiger partial charge in [-0.3, -0.25) is 4.79 Å². The van der Waals surface area contributed by atoms with Crippen LogP contribution in [0.25, 0.3) is 11.0 Å². The van der Waals surface area contributed by atoms with Gasteiger partial charge in [0.1, 0.15) is 5.01 Å². The summed E-state index contributed by atoms with van der Waals surface area (Å²) in [5.74, 6) is -0.0991. The Labute approximate surface area is 168 Å². The molecule has 0 bridgehead atoms. The lowest BCUT2D eigenvalue weighted by molar-refractivity contribution is 0.0345. The Balaban J connectivity index is 1.79. The second-order valence-electron chi connectivity index (χ2n) is 7.10. The summed E-state index contributed by atoms with van der Waals surface area (Å²) in [6, 6.07) is 1.90. The second-order valence-corrected chi connectivity index (χ2v) is 7.99. The molecule has 0 aromatic carbocycles. The van der Waals surface area contributed by atoms with Crippen LogP contribution in [-0.2, 0) is 23.2 Å². The quantitative estimate of drug-likeness (QED) is 0.712. The highest BCUT2D eigenvalue weighted by atomic mass is 32.1.